The first-order valence-electron chi connectivity index (χ1n) is 8.40. The topological polar surface area (TPSA) is 68.3 Å². The van der Waals surface area contributed by atoms with Gasteiger partial charge in [0.15, 0.2) is 0 Å². The SMILES string of the molecule is COc1ccc(CNc2cc(C)nc(Nc3cc(Cl)ccc3OC)n2)cc1. The lowest BCUT2D eigenvalue weighted by molar-refractivity contribution is 0.414. The summed E-state index contributed by atoms with van der Waals surface area (Å²) >= 11 is 6.08. The minimum absolute atomic E-state index is 0.466. The van der Waals surface area contributed by atoms with E-state index >= 15 is 0 Å². The maximum Gasteiger partial charge on any atom is 0.229 e. The summed E-state index contributed by atoms with van der Waals surface area (Å²) < 4.78 is 10.5. The molecule has 27 heavy (non-hydrogen) atoms. The molecule has 6 nitrogen and oxygen atoms in total. The van der Waals surface area contributed by atoms with Crippen LogP contribution in [0.2, 0.25) is 5.02 Å². The number of hydrogen-bond acceptors (Lipinski definition) is 6. The van der Waals surface area contributed by atoms with Gasteiger partial charge in [-0.25, -0.2) is 4.98 Å². The van der Waals surface area contributed by atoms with Crippen molar-refractivity contribution in [3.63, 3.8) is 0 Å². The molecular weight excluding hydrogens is 364 g/mol. The zero-order valence-electron chi connectivity index (χ0n) is 15.4. The van der Waals surface area contributed by atoms with Gasteiger partial charge in [-0.1, -0.05) is 23.7 Å². The van der Waals surface area contributed by atoms with Crippen LogP contribution in [0.5, 0.6) is 11.5 Å². The Morgan fingerprint density at radius 2 is 1.74 bits per heavy atom. The van der Waals surface area contributed by atoms with Crippen LogP contribution in [0.4, 0.5) is 17.5 Å². The summed E-state index contributed by atoms with van der Waals surface area (Å²) in [7, 11) is 3.26. The molecule has 140 valence electrons. The molecule has 0 fully saturated rings. The monoisotopic (exact) mass is 384 g/mol. The highest BCUT2D eigenvalue weighted by molar-refractivity contribution is 6.31. The lowest BCUT2D eigenvalue weighted by atomic mass is 10.2. The van der Waals surface area contributed by atoms with Crippen molar-refractivity contribution in [3.8, 4) is 11.5 Å². The van der Waals surface area contributed by atoms with Gasteiger partial charge in [0.1, 0.15) is 17.3 Å². The van der Waals surface area contributed by atoms with Gasteiger partial charge in [0.2, 0.25) is 5.95 Å². The second-order valence-electron chi connectivity index (χ2n) is 5.89. The molecule has 7 heteroatoms. The number of anilines is 3. The number of nitrogens with zero attached hydrogens (tertiary/aromatic N) is 2. The number of aryl methyl sites for hydroxylation is 1. The first-order chi connectivity index (χ1) is 13.1. The van der Waals surface area contributed by atoms with Crippen LogP contribution in [0, 0.1) is 6.92 Å². The molecule has 3 rings (SSSR count). The van der Waals surface area contributed by atoms with Crippen molar-refractivity contribution in [1.29, 1.82) is 0 Å². The molecule has 0 saturated carbocycles. The fourth-order valence-electron chi connectivity index (χ4n) is 2.55. The molecule has 1 aromatic heterocycles. The number of methoxy groups -OCH3 is 2. The summed E-state index contributed by atoms with van der Waals surface area (Å²) in [6.45, 7) is 2.56. The molecule has 2 aromatic carbocycles. The Labute approximate surface area is 163 Å². The number of nitrogens with one attached hydrogen (secondary N) is 2. The van der Waals surface area contributed by atoms with E-state index in [1.165, 1.54) is 0 Å². The molecule has 0 spiro atoms. The molecule has 0 unspecified atom stereocenters. The van der Waals surface area contributed by atoms with Gasteiger partial charge in [-0.3, -0.25) is 0 Å². The summed E-state index contributed by atoms with van der Waals surface area (Å²) in [5, 5.41) is 7.09. The van der Waals surface area contributed by atoms with E-state index in [2.05, 4.69) is 20.6 Å². The average molecular weight is 385 g/mol. The number of benzene rings is 2. The highest BCUT2D eigenvalue weighted by Gasteiger charge is 2.08. The molecule has 0 radical (unpaired) electrons. The molecule has 0 atom stereocenters. The van der Waals surface area contributed by atoms with Crippen LogP contribution in [0.3, 0.4) is 0 Å². The number of ether oxygens (including phenoxy) is 2. The van der Waals surface area contributed by atoms with Crippen molar-refractivity contribution in [3.05, 3.63) is 64.8 Å². The van der Waals surface area contributed by atoms with Crippen LogP contribution in [0.25, 0.3) is 0 Å². The van der Waals surface area contributed by atoms with E-state index in [1.807, 2.05) is 37.3 Å². The molecule has 0 aliphatic heterocycles. The molecular formula is C20H21ClN4O2. The van der Waals surface area contributed by atoms with E-state index < -0.39 is 0 Å². The van der Waals surface area contributed by atoms with Crippen molar-refractivity contribution in [2.24, 2.45) is 0 Å². The van der Waals surface area contributed by atoms with E-state index in [1.54, 1.807) is 32.4 Å². The fourth-order valence-corrected chi connectivity index (χ4v) is 2.72. The Hall–Kier alpha value is -2.99. The van der Waals surface area contributed by atoms with E-state index in [0.717, 1.165) is 22.8 Å². The molecule has 0 aliphatic rings. The summed E-state index contributed by atoms with van der Waals surface area (Å²) in [5.74, 6) is 2.69. The Morgan fingerprint density at radius 3 is 2.44 bits per heavy atom. The fraction of sp³-hybridized carbons (Fsp3) is 0.200. The van der Waals surface area contributed by atoms with Gasteiger partial charge >= 0.3 is 0 Å². The van der Waals surface area contributed by atoms with Crippen molar-refractivity contribution >= 4 is 29.1 Å². The van der Waals surface area contributed by atoms with Crippen molar-refractivity contribution in [1.82, 2.24) is 9.97 Å². The van der Waals surface area contributed by atoms with Gasteiger partial charge in [-0.05, 0) is 42.8 Å². The summed E-state index contributed by atoms with van der Waals surface area (Å²) in [6.07, 6.45) is 0. The minimum Gasteiger partial charge on any atom is -0.497 e. The smallest absolute Gasteiger partial charge is 0.229 e. The van der Waals surface area contributed by atoms with Gasteiger partial charge < -0.3 is 20.1 Å². The molecule has 0 bridgehead atoms. The first kappa shape index (κ1) is 18.8. The lowest BCUT2D eigenvalue weighted by Crippen LogP contribution is -2.06. The summed E-state index contributed by atoms with van der Waals surface area (Å²) in [4.78, 5) is 8.96. The third-order valence-electron chi connectivity index (χ3n) is 3.89. The van der Waals surface area contributed by atoms with Crippen LogP contribution in [0.15, 0.2) is 48.5 Å². The number of rotatable bonds is 7. The third kappa shape index (κ3) is 5.01. The van der Waals surface area contributed by atoms with E-state index in [9.17, 15) is 0 Å². The van der Waals surface area contributed by atoms with Crippen LogP contribution < -0.4 is 20.1 Å². The zero-order valence-corrected chi connectivity index (χ0v) is 16.2. The summed E-state index contributed by atoms with van der Waals surface area (Å²) in [5.41, 5.74) is 2.67. The van der Waals surface area contributed by atoms with Crippen molar-refractivity contribution < 1.29 is 9.47 Å². The van der Waals surface area contributed by atoms with E-state index in [0.29, 0.717) is 29.0 Å². The predicted molar refractivity (Wildman–Crippen MR) is 108 cm³/mol. The van der Waals surface area contributed by atoms with Crippen LogP contribution >= 0.6 is 11.6 Å². The van der Waals surface area contributed by atoms with Crippen LogP contribution in [-0.4, -0.2) is 24.2 Å². The Bertz CT molecular complexity index is 916. The van der Waals surface area contributed by atoms with Gasteiger partial charge in [0.25, 0.3) is 0 Å². The summed E-state index contributed by atoms with van der Waals surface area (Å²) in [6, 6.07) is 15.1. The average Bonchev–Trinajstić information content (AvgIpc) is 2.66. The maximum absolute atomic E-state index is 6.08. The molecule has 2 N–H and O–H groups in total. The molecule has 0 aliphatic carbocycles. The highest BCUT2D eigenvalue weighted by Crippen LogP contribution is 2.29. The Kier molecular flexibility index (Phi) is 5.98. The molecule has 3 aromatic rings. The standard InChI is InChI=1S/C20H21ClN4O2/c1-13-10-19(22-12-14-4-7-16(26-2)8-5-14)25-20(23-13)24-17-11-15(21)6-9-18(17)27-3/h4-11H,12H2,1-3H3,(H2,22,23,24,25). The van der Waals surface area contributed by atoms with Gasteiger partial charge in [-0.2, -0.15) is 4.98 Å². The Morgan fingerprint density at radius 1 is 0.963 bits per heavy atom. The first-order valence-corrected chi connectivity index (χ1v) is 8.78. The second-order valence-corrected chi connectivity index (χ2v) is 6.33. The van der Waals surface area contributed by atoms with Gasteiger partial charge in [0, 0.05) is 23.3 Å². The lowest BCUT2D eigenvalue weighted by Gasteiger charge is -2.13. The Balaban J connectivity index is 1.75. The number of hydrogen-bond donors (Lipinski definition) is 2. The highest BCUT2D eigenvalue weighted by atomic mass is 35.5. The van der Waals surface area contributed by atoms with E-state index in [4.69, 9.17) is 21.1 Å². The van der Waals surface area contributed by atoms with Crippen LogP contribution in [0.1, 0.15) is 11.3 Å². The number of halogens is 1. The third-order valence-corrected chi connectivity index (χ3v) is 4.13. The van der Waals surface area contributed by atoms with Crippen LogP contribution in [-0.2, 0) is 6.54 Å². The van der Waals surface area contributed by atoms with E-state index in [-0.39, 0.29) is 0 Å². The zero-order chi connectivity index (χ0) is 19.2. The van der Waals surface area contributed by atoms with Gasteiger partial charge in [-0.15, -0.1) is 0 Å². The number of aromatic nitrogens is 2. The molecule has 1 heterocycles. The quantitative estimate of drug-likeness (QED) is 0.609. The predicted octanol–water partition coefficient (Wildman–Crippen LogP) is 4.81. The second kappa shape index (κ2) is 8.60. The molecule has 0 amide bonds. The van der Waals surface area contributed by atoms with Gasteiger partial charge in [0.05, 0.1) is 19.9 Å². The van der Waals surface area contributed by atoms with Crippen molar-refractivity contribution in [2.45, 2.75) is 13.5 Å². The normalized spacial score (nSPS) is 10.4. The maximum atomic E-state index is 6.08. The largest absolute Gasteiger partial charge is 0.497 e. The molecule has 0 saturated heterocycles. The minimum atomic E-state index is 0.466. The van der Waals surface area contributed by atoms with Crippen molar-refractivity contribution in [2.75, 3.05) is 24.9 Å².